The molecule has 0 radical (unpaired) electrons. The van der Waals surface area contributed by atoms with Crippen LogP contribution in [0.1, 0.15) is 12.8 Å². The molecule has 1 aromatic rings. The molecule has 29 heavy (non-hydrogen) atoms. The molecule has 3 rings (SSSR count). The summed E-state index contributed by atoms with van der Waals surface area (Å²) in [6.45, 7) is 0. The molecular weight excluding hydrogens is 444 g/mol. The van der Waals surface area contributed by atoms with E-state index in [0.29, 0.717) is 22.4 Å². The zero-order valence-electron chi connectivity index (χ0n) is 15.6. The lowest BCUT2D eigenvalue weighted by Crippen LogP contribution is -2.38. The highest BCUT2D eigenvalue weighted by molar-refractivity contribution is 8.16. The van der Waals surface area contributed by atoms with Crippen molar-refractivity contribution in [2.45, 2.75) is 24.1 Å². The first-order valence-electron chi connectivity index (χ1n) is 8.56. The van der Waals surface area contributed by atoms with E-state index in [9.17, 15) is 18.0 Å². The van der Waals surface area contributed by atoms with Crippen LogP contribution in [0.5, 0.6) is 11.5 Å². The van der Waals surface area contributed by atoms with Crippen LogP contribution in [0.4, 0.5) is 5.69 Å². The van der Waals surface area contributed by atoms with Crippen LogP contribution in [0.15, 0.2) is 17.1 Å². The zero-order valence-corrected chi connectivity index (χ0v) is 18.0. The van der Waals surface area contributed by atoms with Crippen LogP contribution in [-0.4, -0.2) is 67.6 Å². The van der Waals surface area contributed by atoms with Gasteiger partial charge in [0.2, 0.25) is 5.91 Å². The van der Waals surface area contributed by atoms with Crippen LogP contribution < -0.4 is 14.4 Å². The number of carboxylic acids is 1. The molecule has 1 aromatic carbocycles. The van der Waals surface area contributed by atoms with Gasteiger partial charge in [-0.3, -0.25) is 9.59 Å². The number of ether oxygens (including phenoxy) is 2. The van der Waals surface area contributed by atoms with E-state index in [2.05, 4.69) is 4.99 Å². The van der Waals surface area contributed by atoms with Gasteiger partial charge in [0, 0.05) is 17.7 Å². The SMILES string of the molecule is COc1cc(OC)c(N2C(=NC(=O)CCC(=O)O)S[C@@H]3CS(=O)(=O)C[C@H]32)cc1Cl. The third-order valence-electron chi connectivity index (χ3n) is 4.55. The Morgan fingerprint density at radius 3 is 2.55 bits per heavy atom. The number of benzene rings is 1. The topological polar surface area (TPSA) is 123 Å². The molecule has 1 amide bonds. The Kier molecular flexibility index (Phi) is 6.30. The van der Waals surface area contributed by atoms with Crippen molar-refractivity contribution in [2.75, 3.05) is 30.6 Å². The third kappa shape index (κ3) is 4.62. The first-order valence-corrected chi connectivity index (χ1v) is 11.6. The fourth-order valence-electron chi connectivity index (χ4n) is 3.26. The fraction of sp³-hybridized carbons (Fsp3) is 0.471. The minimum absolute atomic E-state index is 0.0344. The highest BCUT2D eigenvalue weighted by Gasteiger charge is 2.50. The summed E-state index contributed by atoms with van der Waals surface area (Å²) >= 11 is 7.45. The number of carbonyl (C=O) groups is 2. The van der Waals surface area contributed by atoms with Gasteiger partial charge in [-0.2, -0.15) is 4.99 Å². The number of hydrogen-bond donors (Lipinski definition) is 1. The molecule has 2 saturated heterocycles. The van der Waals surface area contributed by atoms with E-state index in [1.165, 1.54) is 26.0 Å². The molecular formula is C17H19ClN2O7S2. The summed E-state index contributed by atoms with van der Waals surface area (Å²) in [5, 5.41) is 9.04. The number of sulfone groups is 1. The lowest BCUT2D eigenvalue weighted by molar-refractivity contribution is -0.138. The molecule has 12 heteroatoms. The number of methoxy groups -OCH3 is 2. The van der Waals surface area contributed by atoms with Crippen molar-refractivity contribution in [3.8, 4) is 11.5 Å². The smallest absolute Gasteiger partial charge is 0.303 e. The van der Waals surface area contributed by atoms with E-state index >= 15 is 0 Å². The van der Waals surface area contributed by atoms with Gasteiger partial charge >= 0.3 is 5.97 Å². The molecule has 0 saturated carbocycles. The lowest BCUT2D eigenvalue weighted by atomic mass is 10.2. The maximum atomic E-state index is 12.2. The number of halogens is 1. The van der Waals surface area contributed by atoms with E-state index in [4.69, 9.17) is 26.2 Å². The minimum atomic E-state index is -3.24. The average molecular weight is 463 g/mol. The molecule has 0 bridgehead atoms. The molecule has 2 heterocycles. The molecule has 0 aromatic heterocycles. The maximum Gasteiger partial charge on any atom is 0.303 e. The molecule has 158 valence electrons. The van der Waals surface area contributed by atoms with Crippen LogP contribution >= 0.6 is 23.4 Å². The molecule has 0 aliphatic carbocycles. The first-order chi connectivity index (χ1) is 13.6. The van der Waals surface area contributed by atoms with Crippen molar-refractivity contribution >= 4 is 55.9 Å². The van der Waals surface area contributed by atoms with Crippen molar-refractivity contribution < 1.29 is 32.6 Å². The lowest BCUT2D eigenvalue weighted by Gasteiger charge is -2.26. The standard InChI is InChI=1S/C17H19ClN2O7S2/c1-26-12-6-13(27-2)10(5-9(12)18)20-11-7-29(24,25)8-14(11)28-17(20)19-15(21)3-4-16(22)23/h5-6,11,14H,3-4,7-8H2,1-2H3,(H,22,23)/t11-,14-/m1/s1. The van der Waals surface area contributed by atoms with Gasteiger partial charge in [-0.1, -0.05) is 23.4 Å². The van der Waals surface area contributed by atoms with Gasteiger partial charge in [0.05, 0.1) is 48.9 Å². The third-order valence-corrected chi connectivity index (χ3v) is 8.06. The van der Waals surface area contributed by atoms with E-state index in [0.717, 1.165) is 0 Å². The van der Waals surface area contributed by atoms with Gasteiger partial charge < -0.3 is 19.5 Å². The predicted octanol–water partition coefficient (Wildman–Crippen LogP) is 1.82. The van der Waals surface area contributed by atoms with Crippen LogP contribution in [0.2, 0.25) is 5.02 Å². The number of aliphatic carboxylic acids is 1. The van der Waals surface area contributed by atoms with Crippen molar-refractivity contribution in [2.24, 2.45) is 4.99 Å². The summed E-state index contributed by atoms with van der Waals surface area (Å²) in [6, 6.07) is 2.70. The zero-order chi connectivity index (χ0) is 21.3. The van der Waals surface area contributed by atoms with Crippen molar-refractivity contribution in [3.63, 3.8) is 0 Å². The predicted molar refractivity (Wildman–Crippen MR) is 110 cm³/mol. The number of thioether (sulfide) groups is 1. The van der Waals surface area contributed by atoms with Gasteiger partial charge in [0.25, 0.3) is 0 Å². The van der Waals surface area contributed by atoms with Crippen molar-refractivity contribution in [3.05, 3.63) is 17.2 Å². The molecule has 2 atom stereocenters. The first kappa shape index (κ1) is 21.7. The Morgan fingerprint density at radius 2 is 1.93 bits per heavy atom. The number of anilines is 1. The number of hydrogen-bond acceptors (Lipinski definition) is 7. The van der Waals surface area contributed by atoms with Crippen molar-refractivity contribution in [1.82, 2.24) is 0 Å². The number of aliphatic imine (C=N–C) groups is 1. The van der Waals surface area contributed by atoms with Crippen LogP contribution in [0.3, 0.4) is 0 Å². The number of carbonyl (C=O) groups excluding carboxylic acids is 1. The second-order valence-electron chi connectivity index (χ2n) is 6.51. The summed E-state index contributed by atoms with van der Waals surface area (Å²) < 4.78 is 35.0. The number of carboxylic acid groups (broad SMARTS) is 1. The molecule has 1 N–H and O–H groups in total. The Bertz CT molecular complexity index is 980. The van der Waals surface area contributed by atoms with Gasteiger partial charge in [0.1, 0.15) is 11.5 Å². The quantitative estimate of drug-likeness (QED) is 0.674. The Balaban J connectivity index is 2.04. The molecule has 9 nitrogen and oxygen atoms in total. The fourth-order valence-corrected chi connectivity index (χ4v) is 7.41. The van der Waals surface area contributed by atoms with Gasteiger partial charge in [0.15, 0.2) is 15.0 Å². The average Bonchev–Trinajstić information content (AvgIpc) is 3.10. The highest BCUT2D eigenvalue weighted by atomic mass is 35.5. The van der Waals surface area contributed by atoms with Crippen LogP contribution in [0, 0.1) is 0 Å². The Morgan fingerprint density at radius 1 is 1.24 bits per heavy atom. The molecule has 0 unspecified atom stereocenters. The number of fused-ring (bicyclic) bond motifs is 1. The molecule has 2 fully saturated rings. The van der Waals surface area contributed by atoms with Crippen LogP contribution in [-0.2, 0) is 19.4 Å². The molecule has 0 spiro atoms. The second-order valence-corrected chi connectivity index (χ2v) is 10.3. The summed E-state index contributed by atoms with van der Waals surface area (Å²) in [7, 11) is -0.332. The van der Waals surface area contributed by atoms with Crippen LogP contribution in [0.25, 0.3) is 0 Å². The molecule has 2 aliphatic rings. The largest absolute Gasteiger partial charge is 0.495 e. The number of rotatable bonds is 6. The van der Waals surface area contributed by atoms with Gasteiger partial charge in [-0.25, -0.2) is 8.42 Å². The van der Waals surface area contributed by atoms with Gasteiger partial charge in [-0.15, -0.1) is 0 Å². The highest BCUT2D eigenvalue weighted by Crippen LogP contribution is 2.46. The monoisotopic (exact) mass is 462 g/mol. The van der Waals surface area contributed by atoms with E-state index in [1.807, 2.05) is 0 Å². The van der Waals surface area contributed by atoms with Crippen molar-refractivity contribution in [1.29, 1.82) is 0 Å². The summed E-state index contributed by atoms with van der Waals surface area (Å²) in [5.74, 6) is -1.07. The van der Waals surface area contributed by atoms with E-state index in [1.54, 1.807) is 17.0 Å². The van der Waals surface area contributed by atoms with Gasteiger partial charge in [-0.05, 0) is 6.07 Å². The maximum absolute atomic E-state index is 12.2. The molecule has 2 aliphatic heterocycles. The second kappa shape index (κ2) is 8.41. The van der Waals surface area contributed by atoms with E-state index < -0.39 is 27.8 Å². The number of amides is 1. The summed E-state index contributed by atoms with van der Waals surface area (Å²) in [5.41, 5.74) is 0.459. The summed E-state index contributed by atoms with van der Waals surface area (Å²) in [4.78, 5) is 28.6. The minimum Gasteiger partial charge on any atom is -0.495 e. The van der Waals surface area contributed by atoms with E-state index in [-0.39, 0.29) is 34.6 Å². The number of nitrogens with zero attached hydrogens (tertiary/aromatic N) is 2. The Labute approximate surface area is 176 Å². The summed E-state index contributed by atoms with van der Waals surface area (Å²) in [6.07, 6.45) is -0.583. The number of amidine groups is 1. The normalized spacial score (nSPS) is 23.8. The Hall–Kier alpha value is -1.98.